The van der Waals surface area contributed by atoms with E-state index in [2.05, 4.69) is 14.0 Å². The van der Waals surface area contributed by atoms with Gasteiger partial charge in [0.1, 0.15) is 5.78 Å². The summed E-state index contributed by atoms with van der Waals surface area (Å²) >= 11 is 7.50. The van der Waals surface area contributed by atoms with E-state index >= 15 is 0 Å². The Labute approximate surface area is 192 Å². The Morgan fingerprint density at radius 1 is 1.14 bits per heavy atom. The summed E-state index contributed by atoms with van der Waals surface area (Å²) in [6.07, 6.45) is 2.39. The fourth-order valence-electron chi connectivity index (χ4n) is 3.70. The maximum atomic E-state index is 12.6. The van der Waals surface area contributed by atoms with Gasteiger partial charge < -0.3 is 34.2 Å². The van der Waals surface area contributed by atoms with E-state index < -0.39 is 5.91 Å². The molecule has 0 fully saturated rings. The highest BCUT2D eigenvalue weighted by molar-refractivity contribution is 7.12. The summed E-state index contributed by atoms with van der Waals surface area (Å²) in [4.78, 5) is 26.8. The van der Waals surface area contributed by atoms with E-state index in [1.54, 1.807) is 23.5 Å². The van der Waals surface area contributed by atoms with E-state index in [1.165, 1.54) is 4.88 Å². The molecule has 1 amide bonds. The molecule has 1 atom stereocenters. The van der Waals surface area contributed by atoms with Gasteiger partial charge in [-0.15, -0.1) is 11.3 Å². The smallest absolute Gasteiger partial charge is 0.250 e. The molecule has 2 N–H and O–H groups in total. The molecule has 2 aromatic rings. The molecule has 1 unspecified atom stereocenters. The van der Waals surface area contributed by atoms with Crippen molar-refractivity contribution in [2.24, 2.45) is 5.73 Å². The van der Waals surface area contributed by atoms with Crippen molar-refractivity contribution in [3.8, 4) is 0 Å². The van der Waals surface area contributed by atoms with Crippen LogP contribution in [-0.2, 0) is 30.5 Å². The number of carbonyl (C=O) groups is 2. The van der Waals surface area contributed by atoms with Crippen molar-refractivity contribution in [2.75, 3.05) is 26.7 Å². The highest BCUT2D eigenvalue weighted by atomic mass is 127. The van der Waals surface area contributed by atoms with Gasteiger partial charge in [-0.3, -0.25) is 9.59 Å². The van der Waals surface area contributed by atoms with Crippen molar-refractivity contribution in [3.05, 3.63) is 55.7 Å². The number of ketones is 1. The second kappa shape index (κ2) is 9.69. The van der Waals surface area contributed by atoms with Gasteiger partial charge in [-0.1, -0.05) is 23.7 Å². The maximum Gasteiger partial charge on any atom is 0.250 e. The minimum atomic E-state index is -0.408. The first-order valence-corrected chi connectivity index (χ1v) is 10.5. The molecule has 7 heteroatoms. The Kier molecular flexibility index (Phi) is 8.07. The third kappa shape index (κ3) is 5.34. The Balaban J connectivity index is 0.00000280. The zero-order valence-electron chi connectivity index (χ0n) is 16.3. The molecule has 4 nitrogen and oxygen atoms in total. The molecule has 0 radical (unpaired) electrons. The SMILES string of the molecule is CC[N+]1(C)CCc2sc(CC(=O)Cc3ccc(Cl)cc3)c(C(N)=O)c2CC1.[I-]. The molecule has 0 aliphatic carbocycles. The van der Waals surface area contributed by atoms with Crippen molar-refractivity contribution in [1.82, 2.24) is 0 Å². The highest BCUT2D eigenvalue weighted by Crippen LogP contribution is 2.33. The van der Waals surface area contributed by atoms with Crippen LogP contribution in [-0.4, -0.2) is 42.9 Å². The van der Waals surface area contributed by atoms with E-state index in [9.17, 15) is 9.59 Å². The third-order valence-corrected chi connectivity index (χ3v) is 7.17. The van der Waals surface area contributed by atoms with Crippen LogP contribution in [0.15, 0.2) is 24.3 Å². The highest BCUT2D eigenvalue weighted by Gasteiger charge is 2.30. The first-order valence-electron chi connectivity index (χ1n) is 9.34. The topological polar surface area (TPSA) is 60.2 Å². The number of hydrogen-bond donors (Lipinski definition) is 1. The Morgan fingerprint density at radius 3 is 2.39 bits per heavy atom. The molecule has 3 rings (SSSR count). The van der Waals surface area contributed by atoms with Crippen LogP contribution in [0.3, 0.4) is 0 Å². The lowest BCUT2D eigenvalue weighted by atomic mass is 10.0. The fraction of sp³-hybridized carbons (Fsp3) is 0.429. The third-order valence-electron chi connectivity index (χ3n) is 5.63. The molecule has 1 aliphatic rings. The monoisotopic (exact) mass is 532 g/mol. The molecular formula is C21H26ClIN2O2S. The number of fused-ring (bicyclic) bond motifs is 1. The molecule has 0 saturated carbocycles. The molecule has 2 heterocycles. The molecule has 152 valence electrons. The largest absolute Gasteiger partial charge is 1.00 e. The predicted molar refractivity (Wildman–Crippen MR) is 111 cm³/mol. The van der Waals surface area contributed by atoms with E-state index in [4.69, 9.17) is 17.3 Å². The van der Waals surface area contributed by atoms with Gasteiger partial charge in [-0.25, -0.2) is 0 Å². The summed E-state index contributed by atoms with van der Waals surface area (Å²) in [5, 5.41) is 0.654. The zero-order chi connectivity index (χ0) is 19.6. The molecule has 0 saturated heterocycles. The van der Waals surface area contributed by atoms with Gasteiger partial charge in [0.2, 0.25) is 5.91 Å². The van der Waals surface area contributed by atoms with Crippen LogP contribution in [0.4, 0.5) is 0 Å². The van der Waals surface area contributed by atoms with Crippen molar-refractivity contribution < 1.29 is 38.0 Å². The van der Waals surface area contributed by atoms with Crippen LogP contribution in [0.25, 0.3) is 0 Å². The van der Waals surface area contributed by atoms with Gasteiger partial charge in [0.05, 0.1) is 32.2 Å². The van der Waals surface area contributed by atoms with Gasteiger partial charge in [0, 0.05) is 40.5 Å². The Bertz CT molecular complexity index is 866. The normalized spacial score (nSPS) is 18.7. The quantitative estimate of drug-likeness (QED) is 0.433. The molecule has 1 aromatic carbocycles. The minimum absolute atomic E-state index is 0. The van der Waals surface area contributed by atoms with Crippen LogP contribution in [0, 0.1) is 0 Å². The van der Waals surface area contributed by atoms with Gasteiger partial charge >= 0.3 is 0 Å². The molecule has 0 spiro atoms. The molecule has 1 aliphatic heterocycles. The van der Waals surface area contributed by atoms with Crippen LogP contribution >= 0.6 is 22.9 Å². The number of nitrogens with zero attached hydrogens (tertiary/aromatic N) is 1. The molecule has 1 aromatic heterocycles. The van der Waals surface area contributed by atoms with Gasteiger partial charge in [0.25, 0.3) is 0 Å². The number of benzene rings is 1. The van der Waals surface area contributed by atoms with E-state index in [0.29, 0.717) is 17.0 Å². The first kappa shape index (κ1) is 23.3. The summed E-state index contributed by atoms with van der Waals surface area (Å²) in [6, 6.07) is 7.30. The lowest BCUT2D eigenvalue weighted by Crippen LogP contribution is -3.00. The van der Waals surface area contributed by atoms with Crippen LogP contribution in [0.5, 0.6) is 0 Å². The second-order valence-electron chi connectivity index (χ2n) is 7.57. The summed E-state index contributed by atoms with van der Waals surface area (Å²) in [7, 11) is 2.26. The van der Waals surface area contributed by atoms with E-state index in [-0.39, 0.29) is 36.2 Å². The number of thiophene rings is 1. The Morgan fingerprint density at radius 2 is 1.79 bits per heavy atom. The number of halogens is 2. The van der Waals surface area contributed by atoms with Crippen molar-refractivity contribution in [2.45, 2.75) is 32.6 Å². The number of hydrogen-bond acceptors (Lipinski definition) is 3. The summed E-state index contributed by atoms with van der Waals surface area (Å²) in [5.74, 6) is -0.320. The Hall–Kier alpha value is -0.960. The van der Waals surface area contributed by atoms with E-state index in [0.717, 1.165) is 53.0 Å². The molecular weight excluding hydrogens is 507 g/mol. The number of Topliss-reactive ketones (excluding diaryl/α,β-unsaturated/α-hetero) is 1. The van der Waals surface area contributed by atoms with Crippen LogP contribution in [0.1, 0.15) is 38.2 Å². The summed E-state index contributed by atoms with van der Waals surface area (Å²) < 4.78 is 1.00. The number of amides is 1. The number of nitrogens with two attached hydrogens (primary N) is 1. The summed E-state index contributed by atoms with van der Waals surface area (Å²) in [5.41, 5.74) is 8.33. The summed E-state index contributed by atoms with van der Waals surface area (Å²) in [6.45, 7) is 5.33. The lowest BCUT2D eigenvalue weighted by molar-refractivity contribution is -0.906. The predicted octanol–water partition coefficient (Wildman–Crippen LogP) is 0.424. The van der Waals surface area contributed by atoms with Gasteiger partial charge in [-0.2, -0.15) is 0 Å². The van der Waals surface area contributed by atoms with Crippen molar-refractivity contribution >= 4 is 34.6 Å². The number of likely N-dealkylation sites (N-methyl/N-ethyl adjacent to an activating group) is 1. The minimum Gasteiger partial charge on any atom is -1.00 e. The number of quaternary nitrogens is 1. The van der Waals surface area contributed by atoms with Crippen molar-refractivity contribution in [1.29, 1.82) is 0 Å². The van der Waals surface area contributed by atoms with Gasteiger partial charge in [0.15, 0.2) is 0 Å². The fourth-order valence-corrected chi connectivity index (χ4v) is 5.20. The maximum absolute atomic E-state index is 12.6. The average Bonchev–Trinajstić information content (AvgIpc) is 2.89. The zero-order valence-corrected chi connectivity index (χ0v) is 20.0. The van der Waals surface area contributed by atoms with Crippen LogP contribution in [0.2, 0.25) is 5.02 Å². The van der Waals surface area contributed by atoms with E-state index in [1.807, 2.05) is 12.1 Å². The van der Waals surface area contributed by atoms with Crippen molar-refractivity contribution in [3.63, 3.8) is 0 Å². The molecule has 28 heavy (non-hydrogen) atoms. The standard InChI is InChI=1S/C21H25ClN2O2S.HI/c1-3-24(2)10-8-17-18(9-11-24)27-19(20(17)21(23)26)13-16(25)12-14-4-6-15(22)7-5-14;/h4-7H,3,8-13H2,1-2H3,(H-,23,26);1H. The average molecular weight is 533 g/mol. The van der Waals surface area contributed by atoms with Gasteiger partial charge in [-0.05, 0) is 30.2 Å². The number of carbonyl (C=O) groups excluding carboxylic acids is 2. The molecule has 0 bridgehead atoms. The number of primary amides is 1. The first-order chi connectivity index (χ1) is 12.8. The second-order valence-corrected chi connectivity index (χ2v) is 9.19. The lowest BCUT2D eigenvalue weighted by Gasteiger charge is -2.31. The van der Waals surface area contributed by atoms with Crippen LogP contribution < -0.4 is 29.7 Å². The number of rotatable bonds is 6.